The second kappa shape index (κ2) is 12.5. The molecular weight excluding hydrogens is 434 g/mol. The fourth-order valence-electron chi connectivity index (χ4n) is 2.96. The van der Waals surface area contributed by atoms with E-state index in [2.05, 4.69) is 25.9 Å². The lowest BCUT2D eigenvalue weighted by Gasteiger charge is -2.27. The fourth-order valence-corrected chi connectivity index (χ4v) is 2.96. The molecule has 1 rings (SSSR count). The summed E-state index contributed by atoms with van der Waals surface area (Å²) in [6.45, 7) is 6.63. The molecule has 0 fully saturated rings. The average Bonchev–Trinajstić information content (AvgIpc) is 3.20. The van der Waals surface area contributed by atoms with Crippen LogP contribution in [0.4, 0.5) is 0 Å². The minimum Gasteiger partial charge on any atom is -0.480 e. The molecule has 4 amide bonds. The Morgan fingerprint density at radius 1 is 0.970 bits per heavy atom. The fraction of sp³-hybridized carbons (Fsp3) is 0.600. The Morgan fingerprint density at radius 2 is 1.55 bits per heavy atom. The third-order valence-corrected chi connectivity index (χ3v) is 4.85. The number of carbonyl (C=O) groups is 5. The lowest BCUT2D eigenvalue weighted by atomic mass is 10.0. The quantitative estimate of drug-likeness (QED) is 0.171. The zero-order valence-corrected chi connectivity index (χ0v) is 19.1. The molecule has 1 aromatic rings. The molecule has 0 radical (unpaired) electrons. The van der Waals surface area contributed by atoms with E-state index >= 15 is 0 Å². The van der Waals surface area contributed by atoms with Gasteiger partial charge in [-0.05, 0) is 11.8 Å². The first-order valence-electron chi connectivity index (χ1n) is 10.5. The van der Waals surface area contributed by atoms with Crippen LogP contribution in [0, 0.1) is 11.8 Å². The van der Waals surface area contributed by atoms with Gasteiger partial charge in [-0.2, -0.15) is 0 Å². The van der Waals surface area contributed by atoms with E-state index < -0.39 is 72.0 Å². The van der Waals surface area contributed by atoms with Gasteiger partial charge in [-0.1, -0.05) is 27.7 Å². The SMILES string of the molecule is CC(C)C(NC(=O)C(Cc1cnc[nH]1)NC(=O)C(NC(=O)C(N)CC(N)=O)C(C)C)C(=O)O. The zero-order chi connectivity index (χ0) is 25.3. The molecular formula is C20H33N7O6. The maximum atomic E-state index is 13.0. The summed E-state index contributed by atoms with van der Waals surface area (Å²) in [5, 5.41) is 16.9. The Kier molecular flexibility index (Phi) is 10.5. The molecule has 4 unspecified atom stereocenters. The van der Waals surface area contributed by atoms with Crippen molar-refractivity contribution in [1.29, 1.82) is 0 Å². The summed E-state index contributed by atoms with van der Waals surface area (Å²) in [4.78, 5) is 67.4. The summed E-state index contributed by atoms with van der Waals surface area (Å²) < 4.78 is 0. The molecule has 1 aromatic heterocycles. The number of hydrogen-bond donors (Lipinski definition) is 7. The first kappa shape index (κ1) is 27.6. The second-order valence-corrected chi connectivity index (χ2v) is 8.42. The van der Waals surface area contributed by atoms with Crippen molar-refractivity contribution in [3.05, 3.63) is 18.2 Å². The topological polar surface area (TPSA) is 222 Å². The minimum atomic E-state index is -1.23. The number of carboxylic acid groups (broad SMARTS) is 1. The van der Waals surface area contributed by atoms with Crippen molar-refractivity contribution in [3.8, 4) is 0 Å². The smallest absolute Gasteiger partial charge is 0.326 e. The van der Waals surface area contributed by atoms with Gasteiger partial charge in [0.2, 0.25) is 23.6 Å². The van der Waals surface area contributed by atoms with E-state index in [1.54, 1.807) is 27.7 Å². The summed E-state index contributed by atoms with van der Waals surface area (Å²) in [5.74, 6) is -4.90. The number of hydrogen-bond acceptors (Lipinski definition) is 7. The molecule has 0 aromatic carbocycles. The van der Waals surface area contributed by atoms with Crippen LogP contribution < -0.4 is 27.4 Å². The molecule has 9 N–H and O–H groups in total. The largest absolute Gasteiger partial charge is 0.480 e. The molecule has 13 heteroatoms. The van der Waals surface area contributed by atoms with E-state index in [0.717, 1.165) is 0 Å². The number of primary amides is 1. The van der Waals surface area contributed by atoms with Gasteiger partial charge in [0.1, 0.15) is 18.1 Å². The van der Waals surface area contributed by atoms with Crippen molar-refractivity contribution < 1.29 is 29.1 Å². The van der Waals surface area contributed by atoms with Crippen LogP contribution in [0.2, 0.25) is 0 Å². The number of nitrogens with two attached hydrogens (primary N) is 2. The molecule has 33 heavy (non-hydrogen) atoms. The van der Waals surface area contributed by atoms with Crippen molar-refractivity contribution in [2.75, 3.05) is 0 Å². The number of aliphatic carboxylic acids is 1. The molecule has 0 saturated heterocycles. The van der Waals surface area contributed by atoms with Gasteiger partial charge in [-0.3, -0.25) is 19.2 Å². The maximum absolute atomic E-state index is 13.0. The minimum absolute atomic E-state index is 0.00194. The van der Waals surface area contributed by atoms with E-state index in [-0.39, 0.29) is 6.42 Å². The Bertz CT molecular complexity index is 840. The van der Waals surface area contributed by atoms with Crippen molar-refractivity contribution in [2.45, 2.75) is 64.7 Å². The van der Waals surface area contributed by atoms with Gasteiger partial charge >= 0.3 is 5.97 Å². The molecule has 0 bridgehead atoms. The van der Waals surface area contributed by atoms with Crippen molar-refractivity contribution >= 4 is 29.6 Å². The second-order valence-electron chi connectivity index (χ2n) is 8.42. The molecule has 184 valence electrons. The highest BCUT2D eigenvalue weighted by Gasteiger charge is 2.32. The molecule has 0 aliphatic heterocycles. The Labute approximate surface area is 191 Å². The van der Waals surface area contributed by atoms with Crippen LogP contribution in [0.15, 0.2) is 12.5 Å². The van der Waals surface area contributed by atoms with Gasteiger partial charge in [-0.15, -0.1) is 0 Å². The zero-order valence-electron chi connectivity index (χ0n) is 19.1. The van der Waals surface area contributed by atoms with E-state index in [4.69, 9.17) is 11.5 Å². The summed E-state index contributed by atoms with van der Waals surface area (Å²) in [6, 6.07) is -4.63. The summed E-state index contributed by atoms with van der Waals surface area (Å²) >= 11 is 0. The van der Waals surface area contributed by atoms with E-state index in [1.807, 2.05) is 0 Å². The van der Waals surface area contributed by atoms with Crippen LogP contribution in [0.5, 0.6) is 0 Å². The van der Waals surface area contributed by atoms with E-state index in [0.29, 0.717) is 5.69 Å². The Hall–Kier alpha value is -3.48. The monoisotopic (exact) mass is 467 g/mol. The number of nitrogens with zero attached hydrogens (tertiary/aromatic N) is 1. The van der Waals surface area contributed by atoms with Crippen LogP contribution in [0.1, 0.15) is 39.8 Å². The van der Waals surface area contributed by atoms with Crippen LogP contribution in [0.25, 0.3) is 0 Å². The number of carboxylic acids is 1. The van der Waals surface area contributed by atoms with Crippen LogP contribution in [-0.4, -0.2) is 68.8 Å². The van der Waals surface area contributed by atoms with Gasteiger partial charge < -0.3 is 37.5 Å². The van der Waals surface area contributed by atoms with Crippen LogP contribution >= 0.6 is 0 Å². The lowest BCUT2D eigenvalue weighted by Crippen LogP contribution is -2.59. The third kappa shape index (κ3) is 8.88. The number of H-pyrrole nitrogens is 1. The van der Waals surface area contributed by atoms with E-state index in [1.165, 1.54) is 12.5 Å². The van der Waals surface area contributed by atoms with Crippen molar-refractivity contribution in [1.82, 2.24) is 25.9 Å². The average molecular weight is 468 g/mol. The number of aromatic amines is 1. The molecule has 1 heterocycles. The Balaban J connectivity index is 3.03. The molecule has 0 saturated carbocycles. The number of nitrogens with one attached hydrogen (secondary N) is 4. The van der Waals surface area contributed by atoms with Gasteiger partial charge in [0.15, 0.2) is 0 Å². The van der Waals surface area contributed by atoms with Crippen LogP contribution in [0.3, 0.4) is 0 Å². The molecule has 13 nitrogen and oxygen atoms in total. The first-order chi connectivity index (χ1) is 15.3. The highest BCUT2D eigenvalue weighted by Crippen LogP contribution is 2.08. The normalized spacial score (nSPS) is 14.8. The van der Waals surface area contributed by atoms with Gasteiger partial charge in [0, 0.05) is 18.3 Å². The number of rotatable bonds is 13. The van der Waals surface area contributed by atoms with E-state index in [9.17, 15) is 29.1 Å². The number of aromatic nitrogens is 2. The third-order valence-electron chi connectivity index (χ3n) is 4.85. The van der Waals surface area contributed by atoms with Crippen molar-refractivity contribution in [2.24, 2.45) is 23.3 Å². The maximum Gasteiger partial charge on any atom is 0.326 e. The molecule has 0 aliphatic carbocycles. The highest BCUT2D eigenvalue weighted by atomic mass is 16.4. The summed E-state index contributed by atoms with van der Waals surface area (Å²) in [5.41, 5.74) is 11.2. The van der Waals surface area contributed by atoms with Gasteiger partial charge in [-0.25, -0.2) is 9.78 Å². The molecule has 4 atom stereocenters. The molecule has 0 aliphatic rings. The predicted octanol–water partition coefficient (Wildman–Crippen LogP) is -1.99. The number of carbonyl (C=O) groups excluding carboxylic acids is 4. The van der Waals surface area contributed by atoms with Crippen LogP contribution in [-0.2, 0) is 30.4 Å². The molecule has 0 spiro atoms. The van der Waals surface area contributed by atoms with Crippen molar-refractivity contribution in [3.63, 3.8) is 0 Å². The van der Waals surface area contributed by atoms with Gasteiger partial charge in [0.05, 0.1) is 18.8 Å². The number of imidazole rings is 1. The summed E-state index contributed by atoms with van der Waals surface area (Å²) in [6.07, 6.45) is 2.47. The summed E-state index contributed by atoms with van der Waals surface area (Å²) in [7, 11) is 0. The van der Waals surface area contributed by atoms with Gasteiger partial charge in [0.25, 0.3) is 0 Å². The lowest BCUT2D eigenvalue weighted by molar-refractivity contribution is -0.143. The highest BCUT2D eigenvalue weighted by molar-refractivity contribution is 5.95. The first-order valence-corrected chi connectivity index (χ1v) is 10.5. The Morgan fingerprint density at radius 3 is 2.00 bits per heavy atom. The number of amides is 4. The predicted molar refractivity (Wildman–Crippen MR) is 117 cm³/mol. The standard InChI is InChI=1S/C20H33N7O6/c1-9(2)15(26-17(29)12(21)6-14(22)28)19(31)25-13(5-11-7-23-8-24-11)18(30)27-16(10(3)4)20(32)33/h7-10,12-13,15-16H,5-6,21H2,1-4H3,(H2,22,28)(H,23,24)(H,25,31)(H,26,29)(H,27,30)(H,32,33).